The first kappa shape index (κ1) is 17.1. The topological polar surface area (TPSA) is 92.1 Å². The van der Waals surface area contributed by atoms with Gasteiger partial charge in [0.1, 0.15) is 5.75 Å². The molecule has 0 saturated heterocycles. The van der Waals surface area contributed by atoms with Crippen LogP contribution in [-0.4, -0.2) is 15.4 Å². The standard InChI is InChI=1S/C9H9BF4N3O3S/c1-5-7(4-16-17-15)3-8(10(11,12)13)6(2)9(5)20-21(14,18)19/h3H,4H2,1-2H3/q-1. The zero-order valence-electron chi connectivity index (χ0n) is 10.8. The summed E-state index contributed by atoms with van der Waals surface area (Å²) in [6.07, 6.45) is 0. The smallest absolute Gasteiger partial charge is 0.445 e. The van der Waals surface area contributed by atoms with Crippen LogP contribution in [0, 0.1) is 13.8 Å². The Labute approximate surface area is 117 Å². The Balaban J connectivity index is 3.63. The van der Waals surface area contributed by atoms with Crippen molar-refractivity contribution in [1.29, 1.82) is 0 Å². The van der Waals surface area contributed by atoms with Crippen LogP contribution in [0.5, 0.6) is 5.75 Å². The highest BCUT2D eigenvalue weighted by Gasteiger charge is 2.31. The van der Waals surface area contributed by atoms with Crippen LogP contribution in [0.15, 0.2) is 11.2 Å². The van der Waals surface area contributed by atoms with E-state index in [4.69, 9.17) is 5.53 Å². The number of benzene rings is 1. The molecule has 0 N–H and O–H groups in total. The van der Waals surface area contributed by atoms with E-state index in [-0.39, 0.29) is 11.1 Å². The van der Waals surface area contributed by atoms with Crippen molar-refractivity contribution in [3.8, 4) is 5.75 Å². The fraction of sp³-hybridized carbons (Fsp3) is 0.333. The van der Waals surface area contributed by atoms with Crippen LogP contribution >= 0.6 is 0 Å². The van der Waals surface area contributed by atoms with Crippen molar-refractivity contribution in [2.75, 3.05) is 0 Å². The van der Waals surface area contributed by atoms with E-state index in [2.05, 4.69) is 14.2 Å². The normalized spacial score (nSPS) is 11.9. The molecule has 0 bridgehead atoms. The lowest BCUT2D eigenvalue weighted by Gasteiger charge is -2.23. The molecule has 0 aromatic heterocycles. The first-order valence-electron chi connectivity index (χ1n) is 5.45. The van der Waals surface area contributed by atoms with Gasteiger partial charge in [-0.25, -0.2) is 0 Å². The lowest BCUT2D eigenvalue weighted by Crippen LogP contribution is -2.37. The number of hydrogen-bond donors (Lipinski definition) is 0. The third kappa shape index (κ3) is 4.26. The highest BCUT2D eigenvalue weighted by Crippen LogP contribution is 2.30. The molecule has 0 radical (unpaired) electrons. The number of halogens is 4. The molecule has 0 fully saturated rings. The van der Waals surface area contributed by atoms with E-state index in [1.165, 1.54) is 6.92 Å². The molecule has 116 valence electrons. The molecule has 0 aliphatic heterocycles. The van der Waals surface area contributed by atoms with Crippen LogP contribution < -0.4 is 9.65 Å². The fourth-order valence-electron chi connectivity index (χ4n) is 1.80. The predicted octanol–water partition coefficient (Wildman–Crippen LogP) is 2.76. The van der Waals surface area contributed by atoms with E-state index in [1.54, 1.807) is 0 Å². The second-order valence-electron chi connectivity index (χ2n) is 4.14. The van der Waals surface area contributed by atoms with Crippen LogP contribution in [0.25, 0.3) is 10.4 Å². The molecule has 1 aromatic rings. The lowest BCUT2D eigenvalue weighted by atomic mass is 9.75. The summed E-state index contributed by atoms with van der Waals surface area (Å²) in [4.78, 5) is 2.41. The first-order chi connectivity index (χ1) is 9.47. The van der Waals surface area contributed by atoms with Gasteiger partial charge in [0.2, 0.25) is 0 Å². The molecule has 0 saturated carbocycles. The van der Waals surface area contributed by atoms with Gasteiger partial charge in [-0.05, 0) is 36.1 Å². The molecule has 1 rings (SSSR count). The summed E-state index contributed by atoms with van der Waals surface area (Å²) in [6, 6.07) is 0.733. The van der Waals surface area contributed by atoms with Gasteiger partial charge in [-0.3, -0.25) is 0 Å². The average Bonchev–Trinajstić information content (AvgIpc) is 2.31. The monoisotopic (exact) mass is 326 g/mol. The summed E-state index contributed by atoms with van der Waals surface area (Å²) in [7, 11) is -5.49. The largest absolute Gasteiger partial charge is 0.510 e. The van der Waals surface area contributed by atoms with Gasteiger partial charge >= 0.3 is 17.5 Å². The Bertz CT molecular complexity index is 714. The summed E-state index contributed by atoms with van der Waals surface area (Å²) in [6.45, 7) is -3.73. The molecule has 0 atom stereocenters. The number of nitrogens with zero attached hydrogens (tertiary/aromatic N) is 3. The summed E-state index contributed by atoms with van der Waals surface area (Å²) in [5.41, 5.74) is 6.37. The second kappa shape index (κ2) is 5.82. The molecule has 0 amide bonds. The van der Waals surface area contributed by atoms with Crippen molar-refractivity contribution in [1.82, 2.24) is 0 Å². The maximum atomic E-state index is 13.0. The van der Waals surface area contributed by atoms with Gasteiger partial charge < -0.3 is 17.1 Å². The van der Waals surface area contributed by atoms with Crippen molar-refractivity contribution in [2.45, 2.75) is 20.4 Å². The molecule has 21 heavy (non-hydrogen) atoms. The van der Waals surface area contributed by atoms with Gasteiger partial charge in [-0.15, -0.1) is 5.46 Å². The Hall–Kier alpha value is -1.94. The van der Waals surface area contributed by atoms with E-state index < -0.39 is 40.8 Å². The van der Waals surface area contributed by atoms with Crippen LogP contribution in [0.1, 0.15) is 16.7 Å². The second-order valence-corrected chi connectivity index (χ2v) is 5.10. The highest BCUT2D eigenvalue weighted by molar-refractivity contribution is 7.81. The van der Waals surface area contributed by atoms with E-state index in [0.717, 1.165) is 13.0 Å². The van der Waals surface area contributed by atoms with Gasteiger partial charge in [-0.2, -0.15) is 8.42 Å². The lowest BCUT2D eigenvalue weighted by molar-refractivity contribution is 0.436. The maximum Gasteiger partial charge on any atom is 0.510 e. The van der Waals surface area contributed by atoms with Crippen LogP contribution in [-0.2, 0) is 17.0 Å². The molecular formula is C9H9BF4N3O3S-. The van der Waals surface area contributed by atoms with E-state index in [9.17, 15) is 25.3 Å². The first-order valence-corrected chi connectivity index (χ1v) is 6.76. The Kier molecular flexibility index (Phi) is 4.74. The number of azide groups is 1. The predicted molar refractivity (Wildman–Crippen MR) is 68.1 cm³/mol. The molecule has 0 aliphatic rings. The van der Waals surface area contributed by atoms with Crippen molar-refractivity contribution in [3.05, 3.63) is 33.2 Å². The number of hydrogen-bond acceptors (Lipinski definition) is 4. The molecule has 1 aromatic carbocycles. The molecular weight excluding hydrogens is 317 g/mol. The molecule has 12 heteroatoms. The van der Waals surface area contributed by atoms with Crippen molar-refractivity contribution in [3.63, 3.8) is 0 Å². The van der Waals surface area contributed by atoms with E-state index >= 15 is 0 Å². The molecule has 0 aliphatic carbocycles. The summed E-state index contributed by atoms with van der Waals surface area (Å²) in [5.74, 6) is -0.752. The minimum atomic E-state index is -5.49. The van der Waals surface area contributed by atoms with Gasteiger partial charge in [0.05, 0.1) is 6.54 Å². The van der Waals surface area contributed by atoms with Gasteiger partial charge in [0.25, 0.3) is 0 Å². The van der Waals surface area contributed by atoms with Crippen LogP contribution in [0.2, 0.25) is 0 Å². The van der Waals surface area contributed by atoms with Crippen LogP contribution in [0.4, 0.5) is 16.8 Å². The minimum Gasteiger partial charge on any atom is -0.445 e. The average molecular weight is 326 g/mol. The Morgan fingerprint density at radius 1 is 1.33 bits per heavy atom. The zero-order valence-corrected chi connectivity index (χ0v) is 11.7. The maximum absolute atomic E-state index is 13.0. The van der Waals surface area contributed by atoms with E-state index in [1.807, 2.05) is 0 Å². The summed E-state index contributed by atoms with van der Waals surface area (Å²) < 4.78 is 76.6. The Morgan fingerprint density at radius 2 is 1.90 bits per heavy atom. The summed E-state index contributed by atoms with van der Waals surface area (Å²) >= 11 is 0. The minimum absolute atomic E-state index is 0.0510. The quantitative estimate of drug-likeness (QED) is 0.208. The highest BCUT2D eigenvalue weighted by atomic mass is 32.3. The molecule has 0 spiro atoms. The van der Waals surface area contributed by atoms with Crippen LogP contribution in [0.3, 0.4) is 0 Å². The third-order valence-electron chi connectivity index (χ3n) is 2.77. The molecule has 0 unspecified atom stereocenters. The van der Waals surface area contributed by atoms with Gasteiger partial charge in [-0.1, -0.05) is 15.1 Å². The van der Waals surface area contributed by atoms with Crippen molar-refractivity contribution in [2.24, 2.45) is 5.11 Å². The van der Waals surface area contributed by atoms with Crippen molar-refractivity contribution < 1.29 is 29.4 Å². The third-order valence-corrected chi connectivity index (χ3v) is 3.13. The summed E-state index contributed by atoms with van der Waals surface area (Å²) in [5, 5.41) is 3.11. The number of rotatable bonds is 5. The van der Waals surface area contributed by atoms with Gasteiger partial charge in [0.15, 0.2) is 0 Å². The zero-order chi connectivity index (χ0) is 16.4. The van der Waals surface area contributed by atoms with E-state index in [0.29, 0.717) is 0 Å². The molecule has 6 nitrogen and oxygen atoms in total. The SMILES string of the molecule is Cc1c(CN=[N+]=[N-])cc([B-](F)(F)F)c(C)c1OS(=O)(=O)F. The molecule has 0 heterocycles. The fourth-order valence-corrected chi connectivity index (χ4v) is 2.25. The van der Waals surface area contributed by atoms with Gasteiger partial charge in [0, 0.05) is 4.91 Å². The van der Waals surface area contributed by atoms with Crippen molar-refractivity contribution >= 4 is 22.9 Å². The Morgan fingerprint density at radius 3 is 2.33 bits per heavy atom.